The van der Waals surface area contributed by atoms with Gasteiger partial charge in [-0.3, -0.25) is 4.79 Å². The van der Waals surface area contributed by atoms with Gasteiger partial charge >= 0.3 is 0 Å². The molecule has 0 bridgehead atoms. The molecule has 0 saturated carbocycles. The van der Waals surface area contributed by atoms with E-state index in [1.807, 2.05) is 6.92 Å². The SMILES string of the molecule is CCC(=O)NCC1CCCc2cc(OC)c(OC)cc21. The summed E-state index contributed by atoms with van der Waals surface area (Å²) in [5, 5.41) is 3.00. The molecule has 0 aliphatic heterocycles. The maximum atomic E-state index is 11.4. The number of fused-ring (bicyclic) bond motifs is 1. The Kier molecular flexibility index (Phi) is 4.88. The van der Waals surface area contributed by atoms with Crippen molar-refractivity contribution in [3.05, 3.63) is 23.3 Å². The first-order valence-electron chi connectivity index (χ1n) is 7.21. The van der Waals surface area contributed by atoms with Crippen LogP contribution in [0, 0.1) is 0 Å². The first-order chi connectivity index (χ1) is 9.69. The number of benzene rings is 1. The van der Waals surface area contributed by atoms with E-state index in [4.69, 9.17) is 9.47 Å². The van der Waals surface area contributed by atoms with E-state index in [0.29, 0.717) is 18.9 Å². The van der Waals surface area contributed by atoms with Crippen LogP contribution in [0.1, 0.15) is 43.2 Å². The van der Waals surface area contributed by atoms with E-state index in [0.717, 1.165) is 30.8 Å². The normalized spacial score (nSPS) is 17.2. The van der Waals surface area contributed by atoms with E-state index in [-0.39, 0.29) is 5.91 Å². The van der Waals surface area contributed by atoms with Gasteiger partial charge in [-0.25, -0.2) is 0 Å². The molecule has 0 heterocycles. The largest absolute Gasteiger partial charge is 0.493 e. The van der Waals surface area contributed by atoms with Crippen LogP contribution in [0.4, 0.5) is 0 Å². The lowest BCUT2D eigenvalue weighted by Crippen LogP contribution is -2.29. The van der Waals surface area contributed by atoms with Gasteiger partial charge in [0.25, 0.3) is 0 Å². The lowest BCUT2D eigenvalue weighted by atomic mass is 9.82. The fourth-order valence-corrected chi connectivity index (χ4v) is 2.80. The van der Waals surface area contributed by atoms with Crippen LogP contribution in [0.3, 0.4) is 0 Å². The zero-order chi connectivity index (χ0) is 14.5. The molecule has 1 aromatic carbocycles. The van der Waals surface area contributed by atoms with Crippen molar-refractivity contribution in [2.24, 2.45) is 0 Å². The first kappa shape index (κ1) is 14.7. The Morgan fingerprint density at radius 1 is 1.30 bits per heavy atom. The van der Waals surface area contributed by atoms with Gasteiger partial charge in [0.05, 0.1) is 14.2 Å². The molecule has 0 aromatic heterocycles. The zero-order valence-electron chi connectivity index (χ0n) is 12.5. The summed E-state index contributed by atoms with van der Waals surface area (Å²) in [7, 11) is 3.31. The van der Waals surface area contributed by atoms with Gasteiger partial charge < -0.3 is 14.8 Å². The Bertz CT molecular complexity index is 485. The van der Waals surface area contributed by atoms with Crippen molar-refractivity contribution in [2.75, 3.05) is 20.8 Å². The number of hydrogen-bond acceptors (Lipinski definition) is 3. The molecule has 4 heteroatoms. The lowest BCUT2D eigenvalue weighted by Gasteiger charge is -2.27. The maximum absolute atomic E-state index is 11.4. The molecular formula is C16H23NO3. The Labute approximate surface area is 120 Å². The molecule has 110 valence electrons. The summed E-state index contributed by atoms with van der Waals surface area (Å²) < 4.78 is 10.7. The quantitative estimate of drug-likeness (QED) is 0.900. The van der Waals surface area contributed by atoms with Crippen molar-refractivity contribution in [3.63, 3.8) is 0 Å². The van der Waals surface area contributed by atoms with Gasteiger partial charge in [0.2, 0.25) is 5.91 Å². The smallest absolute Gasteiger partial charge is 0.219 e. The number of rotatable bonds is 5. The van der Waals surface area contributed by atoms with E-state index >= 15 is 0 Å². The minimum atomic E-state index is 0.109. The number of carbonyl (C=O) groups is 1. The van der Waals surface area contributed by atoms with Crippen LogP contribution in [0.15, 0.2) is 12.1 Å². The van der Waals surface area contributed by atoms with Crippen molar-refractivity contribution in [1.82, 2.24) is 5.32 Å². The van der Waals surface area contributed by atoms with Crippen LogP contribution in [0.2, 0.25) is 0 Å². The van der Waals surface area contributed by atoms with Crippen molar-refractivity contribution < 1.29 is 14.3 Å². The second kappa shape index (κ2) is 6.64. The summed E-state index contributed by atoms with van der Waals surface area (Å²) in [6.07, 6.45) is 3.85. The maximum Gasteiger partial charge on any atom is 0.219 e. The Hall–Kier alpha value is -1.71. The molecule has 0 spiro atoms. The molecule has 1 aliphatic carbocycles. The van der Waals surface area contributed by atoms with Crippen molar-refractivity contribution in [3.8, 4) is 11.5 Å². The molecule has 1 aromatic rings. The van der Waals surface area contributed by atoms with E-state index in [9.17, 15) is 4.79 Å². The number of nitrogens with one attached hydrogen (secondary N) is 1. The van der Waals surface area contributed by atoms with Gasteiger partial charge in [0, 0.05) is 18.9 Å². The summed E-state index contributed by atoms with van der Waals surface area (Å²) in [6.45, 7) is 2.58. The minimum Gasteiger partial charge on any atom is -0.493 e. The number of ether oxygens (including phenoxy) is 2. The lowest BCUT2D eigenvalue weighted by molar-refractivity contribution is -0.120. The van der Waals surface area contributed by atoms with E-state index in [2.05, 4.69) is 17.4 Å². The molecule has 0 radical (unpaired) electrons. The number of methoxy groups -OCH3 is 2. The van der Waals surface area contributed by atoms with Gasteiger partial charge in [-0.2, -0.15) is 0 Å². The number of hydrogen-bond donors (Lipinski definition) is 1. The Morgan fingerprint density at radius 2 is 2.00 bits per heavy atom. The van der Waals surface area contributed by atoms with Crippen LogP contribution in [0.25, 0.3) is 0 Å². The molecular weight excluding hydrogens is 254 g/mol. The monoisotopic (exact) mass is 277 g/mol. The zero-order valence-corrected chi connectivity index (χ0v) is 12.5. The van der Waals surface area contributed by atoms with Crippen LogP contribution >= 0.6 is 0 Å². The van der Waals surface area contributed by atoms with Crippen LogP contribution in [-0.4, -0.2) is 26.7 Å². The van der Waals surface area contributed by atoms with Gasteiger partial charge in [0.15, 0.2) is 11.5 Å². The molecule has 2 rings (SSSR count). The van der Waals surface area contributed by atoms with Gasteiger partial charge in [0.1, 0.15) is 0 Å². The predicted molar refractivity (Wildman–Crippen MR) is 78.5 cm³/mol. The second-order valence-electron chi connectivity index (χ2n) is 5.15. The van der Waals surface area contributed by atoms with E-state index < -0.39 is 0 Å². The standard InChI is InChI=1S/C16H23NO3/c1-4-16(18)17-10-12-7-5-6-11-8-14(19-2)15(20-3)9-13(11)12/h8-9,12H,4-7,10H2,1-3H3,(H,17,18). The third-order valence-electron chi connectivity index (χ3n) is 3.95. The minimum absolute atomic E-state index is 0.109. The van der Waals surface area contributed by atoms with Crippen molar-refractivity contribution in [2.45, 2.75) is 38.5 Å². The van der Waals surface area contributed by atoms with Crippen LogP contribution in [-0.2, 0) is 11.2 Å². The van der Waals surface area contributed by atoms with Crippen molar-refractivity contribution >= 4 is 5.91 Å². The molecule has 0 fully saturated rings. The van der Waals surface area contributed by atoms with Gasteiger partial charge in [-0.05, 0) is 42.5 Å². The van der Waals surface area contributed by atoms with E-state index in [1.54, 1.807) is 14.2 Å². The predicted octanol–water partition coefficient (Wildman–Crippen LogP) is 2.65. The molecule has 1 amide bonds. The number of carbonyl (C=O) groups excluding carboxylic acids is 1. The fourth-order valence-electron chi connectivity index (χ4n) is 2.80. The van der Waals surface area contributed by atoms with Crippen LogP contribution < -0.4 is 14.8 Å². The van der Waals surface area contributed by atoms with Gasteiger partial charge in [-0.1, -0.05) is 6.92 Å². The first-order valence-corrected chi connectivity index (χ1v) is 7.21. The summed E-state index contributed by atoms with van der Waals surface area (Å²) in [5.41, 5.74) is 2.59. The Morgan fingerprint density at radius 3 is 2.65 bits per heavy atom. The summed E-state index contributed by atoms with van der Waals surface area (Å²) in [5.74, 6) is 2.02. The molecule has 4 nitrogen and oxygen atoms in total. The van der Waals surface area contributed by atoms with E-state index in [1.165, 1.54) is 11.1 Å². The molecule has 20 heavy (non-hydrogen) atoms. The second-order valence-corrected chi connectivity index (χ2v) is 5.15. The molecule has 0 saturated heterocycles. The highest BCUT2D eigenvalue weighted by Crippen LogP contribution is 2.38. The highest BCUT2D eigenvalue weighted by molar-refractivity contribution is 5.75. The topological polar surface area (TPSA) is 47.6 Å². The van der Waals surface area contributed by atoms with Crippen LogP contribution in [0.5, 0.6) is 11.5 Å². The number of aryl methyl sites for hydroxylation is 1. The summed E-state index contributed by atoms with van der Waals surface area (Å²) >= 11 is 0. The van der Waals surface area contributed by atoms with Gasteiger partial charge in [-0.15, -0.1) is 0 Å². The summed E-state index contributed by atoms with van der Waals surface area (Å²) in [6, 6.07) is 4.14. The average molecular weight is 277 g/mol. The number of amides is 1. The fraction of sp³-hybridized carbons (Fsp3) is 0.562. The highest BCUT2D eigenvalue weighted by atomic mass is 16.5. The third-order valence-corrected chi connectivity index (χ3v) is 3.95. The third kappa shape index (κ3) is 3.06. The highest BCUT2D eigenvalue weighted by Gasteiger charge is 2.23. The molecule has 1 N–H and O–H groups in total. The average Bonchev–Trinajstić information content (AvgIpc) is 2.50. The Balaban J connectivity index is 2.23. The molecule has 1 aliphatic rings. The molecule has 1 unspecified atom stereocenters. The molecule has 1 atom stereocenters. The van der Waals surface area contributed by atoms with Crippen molar-refractivity contribution in [1.29, 1.82) is 0 Å². The summed E-state index contributed by atoms with van der Waals surface area (Å²) in [4.78, 5) is 11.4.